The molecule has 1 aliphatic rings. The number of hydrogen-bond acceptors (Lipinski definition) is 3. The number of benzene rings is 2. The van der Waals surface area contributed by atoms with Gasteiger partial charge in [0.1, 0.15) is 17.2 Å². The lowest BCUT2D eigenvalue weighted by molar-refractivity contribution is -0.0849. The fourth-order valence-electron chi connectivity index (χ4n) is 2.82. The molecule has 2 atom stereocenters. The summed E-state index contributed by atoms with van der Waals surface area (Å²) in [6, 6.07) is 11.8. The Hall–Kier alpha value is -1.91. The number of hydrogen-bond donors (Lipinski definition) is 2. The topological polar surface area (TPSA) is 49.7 Å². The van der Waals surface area contributed by atoms with Gasteiger partial charge in [-0.05, 0) is 41.8 Å². The first kappa shape index (κ1) is 14.0. The predicted molar refractivity (Wildman–Crippen MR) is 76.7 cm³/mol. The summed E-state index contributed by atoms with van der Waals surface area (Å²) >= 11 is 0. The monoisotopic (exact) mass is 288 g/mol. The zero-order valence-corrected chi connectivity index (χ0v) is 11.7. The smallest absolute Gasteiger partial charge is 0.155 e. The van der Waals surface area contributed by atoms with E-state index >= 15 is 0 Å². The molecule has 0 fully saturated rings. The molecule has 0 saturated heterocycles. The van der Waals surface area contributed by atoms with Gasteiger partial charge in [-0.25, -0.2) is 4.39 Å². The van der Waals surface area contributed by atoms with E-state index in [0.717, 1.165) is 11.1 Å². The van der Waals surface area contributed by atoms with E-state index in [2.05, 4.69) is 0 Å². The number of ether oxygens (including phenoxy) is 1. The molecule has 0 aliphatic heterocycles. The van der Waals surface area contributed by atoms with Crippen molar-refractivity contribution in [3.8, 4) is 5.75 Å². The minimum Gasteiger partial charge on any atom is -0.482 e. The van der Waals surface area contributed by atoms with Gasteiger partial charge in [-0.1, -0.05) is 24.3 Å². The Morgan fingerprint density at radius 3 is 2.76 bits per heavy atom. The van der Waals surface area contributed by atoms with Crippen molar-refractivity contribution in [1.29, 1.82) is 0 Å². The molecule has 4 heteroatoms. The van der Waals surface area contributed by atoms with E-state index in [0.29, 0.717) is 11.3 Å². The predicted octanol–water partition coefficient (Wildman–Crippen LogP) is 2.53. The molecule has 3 nitrogen and oxygen atoms in total. The van der Waals surface area contributed by atoms with Crippen molar-refractivity contribution < 1.29 is 19.3 Å². The van der Waals surface area contributed by atoms with Crippen LogP contribution in [0.15, 0.2) is 42.5 Å². The molecular weight excluding hydrogens is 271 g/mol. The van der Waals surface area contributed by atoms with Gasteiger partial charge >= 0.3 is 0 Å². The van der Waals surface area contributed by atoms with Crippen LogP contribution >= 0.6 is 0 Å². The molecule has 0 heterocycles. The number of para-hydroxylation sites is 1. The summed E-state index contributed by atoms with van der Waals surface area (Å²) < 4.78 is 19.3. The van der Waals surface area contributed by atoms with Gasteiger partial charge < -0.3 is 14.9 Å². The van der Waals surface area contributed by atoms with Crippen molar-refractivity contribution in [1.82, 2.24) is 0 Å². The maximum absolute atomic E-state index is 13.4. The molecule has 1 aliphatic carbocycles. The minimum atomic E-state index is -1.43. The molecule has 110 valence electrons. The van der Waals surface area contributed by atoms with Crippen LogP contribution in [0.3, 0.4) is 0 Å². The van der Waals surface area contributed by atoms with Crippen molar-refractivity contribution in [2.75, 3.05) is 6.61 Å². The van der Waals surface area contributed by atoms with E-state index in [4.69, 9.17) is 4.74 Å². The molecule has 0 amide bonds. The number of aliphatic hydroxyl groups excluding tert-OH is 1. The molecule has 0 saturated carbocycles. The van der Waals surface area contributed by atoms with Gasteiger partial charge in [0.2, 0.25) is 0 Å². The highest BCUT2D eigenvalue weighted by molar-refractivity contribution is 5.41. The molecule has 3 rings (SSSR count). The van der Waals surface area contributed by atoms with Gasteiger partial charge in [-0.2, -0.15) is 0 Å². The highest BCUT2D eigenvalue weighted by Gasteiger charge is 2.46. The molecule has 0 aromatic heterocycles. The van der Waals surface area contributed by atoms with E-state index in [1.54, 1.807) is 6.07 Å². The van der Waals surface area contributed by atoms with Crippen LogP contribution in [0.4, 0.5) is 4.39 Å². The van der Waals surface area contributed by atoms with E-state index in [-0.39, 0.29) is 12.2 Å². The molecule has 0 bridgehead atoms. The summed E-state index contributed by atoms with van der Waals surface area (Å²) in [5.74, 6) is 0.289. The largest absolute Gasteiger partial charge is 0.482 e. The van der Waals surface area contributed by atoms with Gasteiger partial charge in [0.25, 0.3) is 0 Å². The zero-order valence-electron chi connectivity index (χ0n) is 11.7. The van der Waals surface area contributed by atoms with Crippen LogP contribution < -0.4 is 4.74 Å². The SMILES string of the molecule is Cc1ccccc1O[C@H]1c2ccc(F)cc2C[C@@]1(O)CO. The van der Waals surface area contributed by atoms with Crippen LogP contribution in [0.25, 0.3) is 0 Å². The Morgan fingerprint density at radius 1 is 1.29 bits per heavy atom. The Balaban J connectivity index is 2.01. The number of halogens is 1. The maximum Gasteiger partial charge on any atom is 0.155 e. The van der Waals surface area contributed by atoms with Crippen LogP contribution in [-0.4, -0.2) is 22.4 Å². The van der Waals surface area contributed by atoms with Crippen molar-refractivity contribution in [2.24, 2.45) is 0 Å². The van der Waals surface area contributed by atoms with E-state index in [1.807, 2.05) is 31.2 Å². The first-order valence-corrected chi connectivity index (χ1v) is 6.87. The molecule has 0 radical (unpaired) electrons. The third kappa shape index (κ3) is 2.41. The highest BCUT2D eigenvalue weighted by atomic mass is 19.1. The lowest BCUT2D eigenvalue weighted by Crippen LogP contribution is -2.40. The Labute approximate surface area is 122 Å². The fraction of sp³-hybridized carbons (Fsp3) is 0.294. The number of aliphatic hydroxyl groups is 2. The van der Waals surface area contributed by atoms with Gasteiger partial charge in [-0.3, -0.25) is 0 Å². The van der Waals surface area contributed by atoms with Crippen LogP contribution in [0.1, 0.15) is 22.8 Å². The third-order valence-electron chi connectivity index (χ3n) is 3.98. The Morgan fingerprint density at radius 2 is 2.05 bits per heavy atom. The van der Waals surface area contributed by atoms with Gasteiger partial charge in [0.05, 0.1) is 6.61 Å². The fourth-order valence-corrected chi connectivity index (χ4v) is 2.82. The summed E-state index contributed by atoms with van der Waals surface area (Å²) in [4.78, 5) is 0. The first-order valence-electron chi connectivity index (χ1n) is 6.87. The lowest BCUT2D eigenvalue weighted by atomic mass is 9.98. The molecule has 0 unspecified atom stereocenters. The molecule has 0 spiro atoms. The van der Waals surface area contributed by atoms with Crippen LogP contribution in [0.5, 0.6) is 5.75 Å². The maximum atomic E-state index is 13.4. The summed E-state index contributed by atoms with van der Waals surface area (Å²) in [7, 11) is 0. The molecule has 21 heavy (non-hydrogen) atoms. The number of rotatable bonds is 3. The molecule has 2 N–H and O–H groups in total. The van der Waals surface area contributed by atoms with Crippen LogP contribution in [0.2, 0.25) is 0 Å². The molecule has 2 aromatic rings. The molecular formula is C17H17FO3. The van der Waals surface area contributed by atoms with Crippen molar-refractivity contribution in [2.45, 2.75) is 25.0 Å². The van der Waals surface area contributed by atoms with E-state index in [1.165, 1.54) is 12.1 Å². The summed E-state index contributed by atoms with van der Waals surface area (Å²) in [6.45, 7) is 1.47. The van der Waals surface area contributed by atoms with Crippen molar-refractivity contribution in [3.63, 3.8) is 0 Å². The summed E-state index contributed by atoms with van der Waals surface area (Å²) in [5.41, 5.74) is 0.896. The number of fused-ring (bicyclic) bond motifs is 1. The second-order valence-corrected chi connectivity index (χ2v) is 5.54. The van der Waals surface area contributed by atoms with Crippen LogP contribution in [-0.2, 0) is 6.42 Å². The van der Waals surface area contributed by atoms with Gasteiger partial charge in [0.15, 0.2) is 6.10 Å². The van der Waals surface area contributed by atoms with Crippen molar-refractivity contribution >= 4 is 0 Å². The average molecular weight is 288 g/mol. The second kappa shape index (κ2) is 5.13. The Kier molecular flexibility index (Phi) is 3.43. The zero-order chi connectivity index (χ0) is 15.0. The summed E-state index contributed by atoms with van der Waals surface area (Å²) in [6.07, 6.45) is -0.535. The normalized spacial score (nSPS) is 23.9. The van der Waals surface area contributed by atoms with Gasteiger partial charge in [0, 0.05) is 6.42 Å². The molecule has 2 aromatic carbocycles. The summed E-state index contributed by atoms with van der Waals surface area (Å²) in [5, 5.41) is 20.2. The van der Waals surface area contributed by atoms with Gasteiger partial charge in [-0.15, -0.1) is 0 Å². The quantitative estimate of drug-likeness (QED) is 0.912. The third-order valence-corrected chi connectivity index (χ3v) is 3.98. The standard InChI is InChI=1S/C17H17FO3/c1-11-4-2-3-5-15(11)21-16-14-7-6-13(18)8-12(14)9-17(16,20)10-19/h2-8,16,19-20H,9-10H2,1H3/t16-,17+/m0/s1. The minimum absolute atomic E-state index is 0.174. The van der Waals surface area contributed by atoms with Crippen LogP contribution in [0, 0.1) is 12.7 Å². The Bertz CT molecular complexity index is 671. The first-order chi connectivity index (χ1) is 10.0. The average Bonchev–Trinajstić information content (AvgIpc) is 2.74. The van der Waals surface area contributed by atoms with E-state index < -0.39 is 18.3 Å². The second-order valence-electron chi connectivity index (χ2n) is 5.54. The highest BCUT2D eigenvalue weighted by Crippen LogP contribution is 2.42. The number of aryl methyl sites for hydroxylation is 1. The van der Waals surface area contributed by atoms with Crippen molar-refractivity contribution in [3.05, 3.63) is 65.0 Å². The lowest BCUT2D eigenvalue weighted by Gasteiger charge is -2.29. The van der Waals surface area contributed by atoms with E-state index in [9.17, 15) is 14.6 Å².